The molecule has 0 bridgehead atoms. The third-order valence-electron chi connectivity index (χ3n) is 5.68. The Hall–Kier alpha value is -2.14. The summed E-state index contributed by atoms with van der Waals surface area (Å²) in [5.74, 6) is 0.866. The predicted molar refractivity (Wildman–Crippen MR) is 98.6 cm³/mol. The summed E-state index contributed by atoms with van der Waals surface area (Å²) < 4.78 is 1.88. The first-order chi connectivity index (χ1) is 12.1. The number of aromatic nitrogens is 2. The molecule has 132 valence electrons. The second-order valence-corrected chi connectivity index (χ2v) is 7.68. The van der Waals surface area contributed by atoms with Crippen molar-refractivity contribution in [1.82, 2.24) is 14.7 Å². The Morgan fingerprint density at radius 1 is 1.36 bits per heavy atom. The van der Waals surface area contributed by atoms with Crippen molar-refractivity contribution in [3.63, 3.8) is 0 Å². The highest BCUT2D eigenvalue weighted by atomic mass is 16.2. The zero-order valence-electron chi connectivity index (χ0n) is 15.0. The minimum atomic E-state index is 0.0758. The molecule has 1 heterocycles. The fourth-order valence-corrected chi connectivity index (χ4v) is 4.24. The molecule has 1 aromatic carbocycles. The second kappa shape index (κ2) is 6.30. The number of carbonyl (C=O) groups is 1. The van der Waals surface area contributed by atoms with Crippen LogP contribution in [0.25, 0.3) is 0 Å². The highest BCUT2D eigenvalue weighted by Gasteiger charge is 2.60. The van der Waals surface area contributed by atoms with Gasteiger partial charge in [0.15, 0.2) is 5.82 Å². The number of nitrogens with one attached hydrogen (secondary N) is 1. The van der Waals surface area contributed by atoms with E-state index in [4.69, 9.17) is 0 Å². The van der Waals surface area contributed by atoms with Gasteiger partial charge in [0.2, 0.25) is 5.91 Å². The lowest BCUT2D eigenvalue weighted by Crippen LogP contribution is -2.25. The summed E-state index contributed by atoms with van der Waals surface area (Å²) in [6.45, 7) is 1.75. The zero-order chi connectivity index (χ0) is 17.4. The summed E-state index contributed by atoms with van der Waals surface area (Å²) >= 11 is 0. The largest absolute Gasteiger partial charge is 0.309 e. The average molecular weight is 338 g/mol. The van der Waals surface area contributed by atoms with Crippen molar-refractivity contribution >= 4 is 11.7 Å². The van der Waals surface area contributed by atoms with Crippen LogP contribution < -0.4 is 5.32 Å². The van der Waals surface area contributed by atoms with Gasteiger partial charge in [-0.15, -0.1) is 0 Å². The van der Waals surface area contributed by atoms with Gasteiger partial charge in [0, 0.05) is 30.1 Å². The highest BCUT2D eigenvalue weighted by Crippen LogP contribution is 2.60. The van der Waals surface area contributed by atoms with E-state index in [0.717, 1.165) is 32.4 Å². The number of carbonyl (C=O) groups excluding carboxylic acids is 1. The Morgan fingerprint density at radius 2 is 2.20 bits per heavy atom. The first kappa shape index (κ1) is 16.3. The summed E-state index contributed by atoms with van der Waals surface area (Å²) in [4.78, 5) is 14.9. The van der Waals surface area contributed by atoms with Gasteiger partial charge in [0.05, 0.1) is 6.54 Å². The number of nitrogens with zero attached hydrogens (tertiary/aromatic N) is 3. The molecule has 2 unspecified atom stereocenters. The van der Waals surface area contributed by atoms with Gasteiger partial charge in [-0.1, -0.05) is 24.3 Å². The van der Waals surface area contributed by atoms with Crippen LogP contribution in [0.5, 0.6) is 0 Å². The van der Waals surface area contributed by atoms with Crippen molar-refractivity contribution in [1.29, 1.82) is 0 Å². The molecule has 2 aromatic rings. The maximum atomic E-state index is 12.8. The molecule has 4 rings (SSSR count). The molecule has 2 atom stereocenters. The number of hydrogen-bond acceptors (Lipinski definition) is 3. The minimum absolute atomic E-state index is 0.0758. The fraction of sp³-hybridized carbons (Fsp3) is 0.500. The summed E-state index contributed by atoms with van der Waals surface area (Å²) in [5.41, 5.74) is 2.90. The summed E-state index contributed by atoms with van der Waals surface area (Å²) in [6, 6.07) is 10.5. The highest BCUT2D eigenvalue weighted by molar-refractivity contribution is 5.95. The van der Waals surface area contributed by atoms with Gasteiger partial charge < -0.3 is 10.2 Å². The molecule has 1 N–H and O–H groups in total. The number of likely N-dealkylation sites (N-methyl/N-ethyl adjacent to an activating group) is 1. The van der Waals surface area contributed by atoms with E-state index in [0.29, 0.717) is 5.82 Å². The Bertz CT molecular complexity index is 782. The predicted octanol–water partition coefficient (Wildman–Crippen LogP) is 2.68. The summed E-state index contributed by atoms with van der Waals surface area (Å²) in [5, 5.41) is 7.50. The van der Waals surface area contributed by atoms with E-state index >= 15 is 0 Å². The van der Waals surface area contributed by atoms with Gasteiger partial charge in [-0.25, -0.2) is 0 Å². The molecule has 2 aliphatic rings. The van der Waals surface area contributed by atoms with E-state index in [1.54, 1.807) is 0 Å². The monoisotopic (exact) mass is 338 g/mol. The van der Waals surface area contributed by atoms with Crippen LogP contribution in [0.2, 0.25) is 0 Å². The molecule has 1 aromatic heterocycles. The lowest BCUT2D eigenvalue weighted by molar-refractivity contribution is -0.117. The number of aryl methyl sites for hydroxylation is 1. The van der Waals surface area contributed by atoms with Crippen molar-refractivity contribution < 1.29 is 4.79 Å². The van der Waals surface area contributed by atoms with E-state index in [1.807, 2.05) is 31.0 Å². The number of rotatable bonds is 5. The first-order valence-electron chi connectivity index (χ1n) is 9.16. The van der Waals surface area contributed by atoms with E-state index in [2.05, 4.69) is 39.6 Å². The molecule has 1 fully saturated rings. The van der Waals surface area contributed by atoms with Crippen molar-refractivity contribution in [3.8, 4) is 0 Å². The molecule has 1 saturated carbocycles. The topological polar surface area (TPSA) is 50.2 Å². The molecule has 25 heavy (non-hydrogen) atoms. The van der Waals surface area contributed by atoms with Crippen LogP contribution in [0.1, 0.15) is 30.4 Å². The molecule has 1 amide bonds. The normalized spacial score (nSPS) is 24.4. The number of benzene rings is 1. The van der Waals surface area contributed by atoms with Crippen LogP contribution in [-0.2, 0) is 23.2 Å². The molecule has 5 nitrogen and oxygen atoms in total. The van der Waals surface area contributed by atoms with Crippen molar-refractivity contribution in [2.45, 2.75) is 37.6 Å². The van der Waals surface area contributed by atoms with Crippen LogP contribution in [0.15, 0.2) is 36.5 Å². The number of hydrogen-bond donors (Lipinski definition) is 1. The van der Waals surface area contributed by atoms with E-state index in [-0.39, 0.29) is 17.2 Å². The fourth-order valence-electron chi connectivity index (χ4n) is 4.24. The lowest BCUT2D eigenvalue weighted by atomic mass is 9.78. The van der Waals surface area contributed by atoms with Gasteiger partial charge in [0.25, 0.3) is 0 Å². The van der Waals surface area contributed by atoms with Gasteiger partial charge in [0.1, 0.15) is 0 Å². The van der Waals surface area contributed by atoms with Crippen molar-refractivity contribution in [2.24, 2.45) is 5.92 Å². The van der Waals surface area contributed by atoms with Crippen molar-refractivity contribution in [3.05, 3.63) is 47.7 Å². The summed E-state index contributed by atoms with van der Waals surface area (Å²) in [6.07, 6.45) is 6.34. The SMILES string of the molecule is CN(C)CCn1ccc(NC(=O)C2CC23CCCc2ccccc23)n1. The molecule has 5 heteroatoms. The van der Waals surface area contributed by atoms with Gasteiger partial charge >= 0.3 is 0 Å². The van der Waals surface area contributed by atoms with Crippen molar-refractivity contribution in [2.75, 3.05) is 26.0 Å². The van der Waals surface area contributed by atoms with E-state index < -0.39 is 0 Å². The van der Waals surface area contributed by atoms with Gasteiger partial charge in [-0.05, 0) is 50.9 Å². The Morgan fingerprint density at radius 3 is 3.04 bits per heavy atom. The van der Waals surface area contributed by atoms with Crippen LogP contribution in [0.3, 0.4) is 0 Å². The number of fused-ring (bicyclic) bond motifs is 2. The molecule has 1 spiro atoms. The van der Waals surface area contributed by atoms with Gasteiger partial charge in [-0.3, -0.25) is 9.48 Å². The first-order valence-corrected chi connectivity index (χ1v) is 9.16. The molecular weight excluding hydrogens is 312 g/mol. The second-order valence-electron chi connectivity index (χ2n) is 7.68. The maximum absolute atomic E-state index is 12.8. The summed E-state index contributed by atoms with van der Waals surface area (Å²) in [7, 11) is 4.08. The molecular formula is C20H26N4O. The molecule has 0 aliphatic heterocycles. The van der Waals surface area contributed by atoms with Crippen LogP contribution in [0.4, 0.5) is 5.82 Å². The Kier molecular flexibility index (Phi) is 4.12. The quantitative estimate of drug-likeness (QED) is 0.912. The minimum Gasteiger partial charge on any atom is -0.309 e. The molecule has 0 saturated heterocycles. The van der Waals surface area contributed by atoms with Crippen LogP contribution in [-0.4, -0.2) is 41.2 Å². The van der Waals surface area contributed by atoms with Crippen LogP contribution in [0, 0.1) is 5.92 Å². The lowest BCUT2D eigenvalue weighted by Gasteiger charge is -2.26. The number of anilines is 1. The standard InChI is InChI=1S/C20H26N4O/c1-23(2)12-13-24-11-9-18(22-24)21-19(25)17-14-20(17)10-5-7-15-6-3-4-8-16(15)20/h3-4,6,8-9,11,17H,5,7,10,12-14H2,1-2H3,(H,21,22,25). The Labute approximate surface area is 149 Å². The third kappa shape index (κ3) is 3.09. The van der Waals surface area contributed by atoms with E-state index in [1.165, 1.54) is 17.5 Å². The van der Waals surface area contributed by atoms with E-state index in [9.17, 15) is 4.79 Å². The number of amides is 1. The third-order valence-corrected chi connectivity index (χ3v) is 5.68. The maximum Gasteiger partial charge on any atom is 0.229 e. The Balaban J connectivity index is 1.42. The smallest absolute Gasteiger partial charge is 0.229 e. The zero-order valence-corrected chi connectivity index (χ0v) is 15.0. The average Bonchev–Trinajstić information content (AvgIpc) is 3.14. The molecule has 0 radical (unpaired) electrons. The van der Waals surface area contributed by atoms with Crippen LogP contribution >= 0.6 is 0 Å². The molecule has 2 aliphatic carbocycles. The van der Waals surface area contributed by atoms with Gasteiger partial charge in [-0.2, -0.15) is 5.10 Å².